The van der Waals surface area contributed by atoms with Crippen molar-refractivity contribution in [2.75, 3.05) is 12.1 Å². The van der Waals surface area contributed by atoms with Crippen molar-refractivity contribution < 1.29 is 9.59 Å². The Kier molecular flexibility index (Phi) is 3.77. The van der Waals surface area contributed by atoms with E-state index in [4.69, 9.17) is 0 Å². The summed E-state index contributed by atoms with van der Waals surface area (Å²) in [5.74, 6) is -0.320. The maximum atomic E-state index is 12.2. The standard InChI is InChI=1S/C12H12Br2N2O2/c1-7-3-5-8(6-4-7)16-12(18)10(14)9(13)11(17)15(16)2/h3-6,9-10H,1-2H3. The van der Waals surface area contributed by atoms with Gasteiger partial charge in [0.1, 0.15) is 9.65 Å². The molecule has 1 fully saturated rings. The number of benzene rings is 1. The van der Waals surface area contributed by atoms with Crippen molar-refractivity contribution >= 4 is 49.4 Å². The summed E-state index contributed by atoms with van der Waals surface area (Å²) in [7, 11) is 1.59. The fourth-order valence-electron chi connectivity index (χ4n) is 1.78. The minimum absolute atomic E-state index is 0.156. The van der Waals surface area contributed by atoms with E-state index in [9.17, 15) is 9.59 Å². The normalized spacial score (nSPS) is 24.7. The van der Waals surface area contributed by atoms with Gasteiger partial charge in [0.05, 0.1) is 5.69 Å². The molecule has 0 N–H and O–H groups in total. The van der Waals surface area contributed by atoms with Crippen molar-refractivity contribution in [1.82, 2.24) is 5.01 Å². The zero-order chi connectivity index (χ0) is 13.4. The molecule has 0 bridgehead atoms. The van der Waals surface area contributed by atoms with E-state index in [2.05, 4.69) is 31.9 Å². The largest absolute Gasteiger partial charge is 0.272 e. The van der Waals surface area contributed by atoms with Crippen LogP contribution in [0.4, 0.5) is 5.69 Å². The van der Waals surface area contributed by atoms with Gasteiger partial charge >= 0.3 is 0 Å². The van der Waals surface area contributed by atoms with E-state index in [1.54, 1.807) is 7.05 Å². The first-order valence-corrected chi connectivity index (χ1v) is 7.23. The molecule has 2 atom stereocenters. The van der Waals surface area contributed by atoms with Gasteiger partial charge in [-0.15, -0.1) is 0 Å². The quantitative estimate of drug-likeness (QED) is 0.706. The maximum Gasteiger partial charge on any atom is 0.261 e. The number of hydrazine groups is 1. The molecule has 0 aliphatic carbocycles. The Bertz CT molecular complexity index is 489. The van der Waals surface area contributed by atoms with Crippen molar-refractivity contribution in [3.8, 4) is 0 Å². The molecule has 0 spiro atoms. The fraction of sp³-hybridized carbons (Fsp3) is 0.333. The highest BCUT2D eigenvalue weighted by Gasteiger charge is 2.43. The lowest BCUT2D eigenvalue weighted by Gasteiger charge is -2.39. The molecule has 1 aliphatic rings. The second kappa shape index (κ2) is 5.01. The summed E-state index contributed by atoms with van der Waals surface area (Å²) >= 11 is 6.48. The summed E-state index contributed by atoms with van der Waals surface area (Å²) in [4.78, 5) is 23.1. The highest BCUT2D eigenvalue weighted by Crippen LogP contribution is 2.29. The van der Waals surface area contributed by atoms with Crippen molar-refractivity contribution in [2.24, 2.45) is 0 Å². The topological polar surface area (TPSA) is 40.6 Å². The van der Waals surface area contributed by atoms with Gasteiger partial charge < -0.3 is 0 Å². The van der Waals surface area contributed by atoms with E-state index in [1.165, 1.54) is 10.0 Å². The van der Waals surface area contributed by atoms with E-state index in [-0.39, 0.29) is 11.8 Å². The van der Waals surface area contributed by atoms with Crippen LogP contribution in [0.2, 0.25) is 0 Å². The molecule has 96 valence electrons. The number of hydrogen-bond donors (Lipinski definition) is 0. The van der Waals surface area contributed by atoms with Gasteiger partial charge in [-0.05, 0) is 19.1 Å². The molecular formula is C12H12Br2N2O2. The first-order valence-electron chi connectivity index (χ1n) is 5.39. The molecule has 2 rings (SSSR count). The third-order valence-electron chi connectivity index (χ3n) is 2.84. The highest BCUT2D eigenvalue weighted by atomic mass is 79.9. The number of nitrogens with zero attached hydrogens (tertiary/aromatic N) is 2. The van der Waals surface area contributed by atoms with Crippen LogP contribution in [0.3, 0.4) is 0 Å². The van der Waals surface area contributed by atoms with Crippen molar-refractivity contribution in [2.45, 2.75) is 16.6 Å². The van der Waals surface area contributed by atoms with Gasteiger partial charge in [0.15, 0.2) is 0 Å². The molecule has 0 saturated carbocycles. The van der Waals surface area contributed by atoms with Crippen molar-refractivity contribution in [1.29, 1.82) is 0 Å². The Balaban J connectivity index is 2.39. The first kappa shape index (κ1) is 13.5. The number of rotatable bonds is 1. The van der Waals surface area contributed by atoms with Crippen LogP contribution in [-0.4, -0.2) is 33.5 Å². The summed E-state index contributed by atoms with van der Waals surface area (Å²) < 4.78 is 0. The molecule has 0 radical (unpaired) electrons. The first-order chi connectivity index (χ1) is 8.43. The number of anilines is 1. The van der Waals surface area contributed by atoms with Gasteiger partial charge in [-0.1, -0.05) is 49.6 Å². The van der Waals surface area contributed by atoms with Gasteiger partial charge in [-0.3, -0.25) is 9.59 Å². The monoisotopic (exact) mass is 374 g/mol. The van der Waals surface area contributed by atoms with Crippen LogP contribution in [0.15, 0.2) is 24.3 Å². The second-order valence-corrected chi connectivity index (χ2v) is 6.12. The third kappa shape index (κ3) is 2.19. The molecule has 2 unspecified atom stereocenters. The number of amides is 2. The third-order valence-corrected chi connectivity index (χ3v) is 5.39. The van der Waals surface area contributed by atoms with E-state index < -0.39 is 9.65 Å². The molecule has 6 heteroatoms. The molecule has 18 heavy (non-hydrogen) atoms. The number of hydrogen-bond acceptors (Lipinski definition) is 2. The fourth-order valence-corrected chi connectivity index (χ4v) is 2.72. The van der Waals surface area contributed by atoms with Crippen molar-refractivity contribution in [3.63, 3.8) is 0 Å². The predicted octanol–water partition coefficient (Wildman–Crippen LogP) is 2.24. The predicted molar refractivity (Wildman–Crippen MR) is 76.9 cm³/mol. The summed E-state index contributed by atoms with van der Waals surface area (Å²) in [5, 5.41) is 2.73. The average molecular weight is 376 g/mol. The number of carbonyl (C=O) groups excluding carboxylic acids is 2. The SMILES string of the molecule is Cc1ccc(N2C(=O)C(Br)C(Br)C(=O)N2C)cc1. The van der Waals surface area contributed by atoms with Crippen LogP contribution >= 0.6 is 31.9 Å². The zero-order valence-corrected chi connectivity index (χ0v) is 13.1. The molecule has 1 aromatic rings. The lowest BCUT2D eigenvalue weighted by molar-refractivity contribution is -0.139. The molecule has 1 heterocycles. The molecular weight excluding hydrogens is 364 g/mol. The summed E-state index contributed by atoms with van der Waals surface area (Å²) in [6.45, 7) is 1.97. The lowest BCUT2D eigenvalue weighted by Crippen LogP contribution is -2.60. The van der Waals surface area contributed by atoms with Gasteiger partial charge in [0, 0.05) is 7.05 Å². The summed E-state index contributed by atoms with van der Waals surface area (Å²) in [5.41, 5.74) is 1.79. The zero-order valence-electron chi connectivity index (χ0n) is 9.93. The van der Waals surface area contributed by atoms with E-state index in [1.807, 2.05) is 31.2 Å². The number of carbonyl (C=O) groups is 2. The van der Waals surface area contributed by atoms with Gasteiger partial charge in [0.25, 0.3) is 11.8 Å². The van der Waals surface area contributed by atoms with Gasteiger partial charge in [0.2, 0.25) is 0 Å². The number of aryl methyl sites for hydroxylation is 1. The minimum Gasteiger partial charge on any atom is -0.272 e. The average Bonchev–Trinajstić information content (AvgIpc) is 2.36. The van der Waals surface area contributed by atoms with Crippen LogP contribution in [0.25, 0.3) is 0 Å². The highest BCUT2D eigenvalue weighted by molar-refractivity contribution is 9.12. The van der Waals surface area contributed by atoms with Crippen molar-refractivity contribution in [3.05, 3.63) is 29.8 Å². The smallest absolute Gasteiger partial charge is 0.261 e. The number of halogens is 2. The lowest BCUT2D eigenvalue weighted by atomic mass is 10.2. The Labute approximate surface area is 122 Å². The summed E-state index contributed by atoms with van der Waals surface area (Å²) in [6.07, 6.45) is 0. The summed E-state index contributed by atoms with van der Waals surface area (Å²) in [6, 6.07) is 7.46. The molecule has 1 aromatic carbocycles. The van der Waals surface area contributed by atoms with E-state index >= 15 is 0 Å². The van der Waals surface area contributed by atoms with Crippen LogP contribution in [0.1, 0.15) is 5.56 Å². The Hall–Kier alpha value is -0.880. The van der Waals surface area contributed by atoms with Crippen LogP contribution < -0.4 is 5.01 Å². The molecule has 0 aromatic heterocycles. The molecule has 2 amide bonds. The van der Waals surface area contributed by atoms with Gasteiger partial charge in [-0.25, -0.2) is 10.0 Å². The number of alkyl halides is 2. The van der Waals surface area contributed by atoms with E-state index in [0.717, 1.165) is 5.56 Å². The minimum atomic E-state index is -0.553. The molecule has 4 nitrogen and oxygen atoms in total. The van der Waals surface area contributed by atoms with E-state index in [0.29, 0.717) is 5.69 Å². The second-order valence-electron chi connectivity index (χ2n) is 4.15. The Morgan fingerprint density at radius 1 is 1.00 bits per heavy atom. The maximum absolute atomic E-state index is 12.2. The molecule has 1 saturated heterocycles. The van der Waals surface area contributed by atoms with Crippen LogP contribution in [-0.2, 0) is 9.59 Å². The van der Waals surface area contributed by atoms with Gasteiger partial charge in [-0.2, -0.15) is 0 Å². The van der Waals surface area contributed by atoms with Crippen LogP contribution in [0.5, 0.6) is 0 Å². The Morgan fingerprint density at radius 3 is 2.06 bits per heavy atom. The Morgan fingerprint density at radius 2 is 1.50 bits per heavy atom. The van der Waals surface area contributed by atoms with Crippen LogP contribution in [0, 0.1) is 6.92 Å². The molecule has 1 aliphatic heterocycles.